The van der Waals surface area contributed by atoms with Gasteiger partial charge in [0.15, 0.2) is 0 Å². The van der Waals surface area contributed by atoms with Crippen LogP contribution in [0.3, 0.4) is 0 Å². The molecule has 0 aromatic carbocycles. The van der Waals surface area contributed by atoms with Crippen molar-refractivity contribution in [3.63, 3.8) is 0 Å². The van der Waals surface area contributed by atoms with Crippen LogP contribution in [-0.4, -0.2) is 19.0 Å². The van der Waals surface area contributed by atoms with Crippen molar-refractivity contribution in [1.29, 1.82) is 0 Å². The Morgan fingerprint density at radius 1 is 1.60 bits per heavy atom. The van der Waals surface area contributed by atoms with Gasteiger partial charge >= 0.3 is 5.97 Å². The summed E-state index contributed by atoms with van der Waals surface area (Å²) in [6.07, 6.45) is 4.09. The van der Waals surface area contributed by atoms with Gasteiger partial charge in [-0.1, -0.05) is 19.2 Å². The summed E-state index contributed by atoms with van der Waals surface area (Å²) < 4.78 is 4.47. The summed E-state index contributed by atoms with van der Waals surface area (Å²) >= 11 is 4.64. The van der Waals surface area contributed by atoms with Gasteiger partial charge in [-0.05, 0) is 0 Å². The molecule has 0 atom stereocenters. The Morgan fingerprint density at radius 3 is 2.40 bits per heavy atom. The number of esters is 1. The zero-order valence-electron chi connectivity index (χ0n) is 5.97. The van der Waals surface area contributed by atoms with Gasteiger partial charge in [0.05, 0.1) is 0 Å². The summed E-state index contributed by atoms with van der Waals surface area (Å²) in [5.74, 6) is -0.412. The van der Waals surface area contributed by atoms with Crippen molar-refractivity contribution in [1.82, 2.24) is 0 Å². The van der Waals surface area contributed by atoms with Crippen LogP contribution in [0.25, 0.3) is 0 Å². The average Bonchev–Trinajstić information content (AvgIpc) is 2.04. The van der Waals surface area contributed by atoms with Gasteiger partial charge in [-0.15, -0.1) is 11.6 Å². The van der Waals surface area contributed by atoms with E-state index in [9.17, 15) is 4.79 Å². The summed E-state index contributed by atoms with van der Waals surface area (Å²) in [6.45, 7) is 6.81. The molecule has 0 heterocycles. The number of hydrogen-bond acceptors (Lipinski definition) is 2. The van der Waals surface area contributed by atoms with Gasteiger partial charge in [-0.3, -0.25) is 0 Å². The molecular weight excluding hydrogens is 152 g/mol. The highest BCUT2D eigenvalue weighted by Gasteiger charge is 1.87. The molecule has 0 unspecified atom stereocenters. The van der Waals surface area contributed by atoms with Crippen molar-refractivity contribution >= 4 is 17.6 Å². The van der Waals surface area contributed by atoms with E-state index in [2.05, 4.69) is 29.5 Å². The summed E-state index contributed by atoms with van der Waals surface area (Å²) in [5, 5.41) is 0. The minimum Gasteiger partial charge on any atom is -0.458 e. The van der Waals surface area contributed by atoms with Crippen molar-refractivity contribution in [2.24, 2.45) is 0 Å². The third-order valence-electron chi connectivity index (χ3n) is 0.510. The molecule has 0 bridgehead atoms. The number of hydrogen-bond donors (Lipinski definition) is 0. The first kappa shape index (κ1) is 12.0. The highest BCUT2D eigenvalue weighted by molar-refractivity contribution is 6.15. The van der Waals surface area contributed by atoms with Gasteiger partial charge in [-0.2, -0.15) is 0 Å². The van der Waals surface area contributed by atoms with E-state index in [1.54, 1.807) is 0 Å². The fourth-order valence-corrected chi connectivity index (χ4v) is 0.200. The molecule has 0 amide bonds. The standard InChI is InChI=1S/C6H8O2.CH3Cl/c1-3-5-8-6(7)4-2;1-2/h3-4H,1-2,5H2;1H3. The monoisotopic (exact) mass is 162 g/mol. The van der Waals surface area contributed by atoms with Crippen LogP contribution in [0.5, 0.6) is 0 Å². The normalized spacial score (nSPS) is 6.60. The number of ether oxygens (including phenoxy) is 1. The zero-order chi connectivity index (χ0) is 8.41. The maximum absolute atomic E-state index is 10.2. The second-order valence-electron chi connectivity index (χ2n) is 1.12. The van der Waals surface area contributed by atoms with Crippen molar-refractivity contribution in [3.8, 4) is 0 Å². The Kier molecular flexibility index (Phi) is 13.3. The highest BCUT2D eigenvalue weighted by Crippen LogP contribution is 1.77. The van der Waals surface area contributed by atoms with Gasteiger partial charge in [-0.25, -0.2) is 4.79 Å². The number of alkyl halides is 1. The molecular formula is C7H11ClO2. The highest BCUT2D eigenvalue weighted by atomic mass is 35.5. The van der Waals surface area contributed by atoms with Crippen molar-refractivity contribution in [2.45, 2.75) is 0 Å². The van der Waals surface area contributed by atoms with Crippen LogP contribution in [0.2, 0.25) is 0 Å². The summed E-state index contributed by atoms with van der Waals surface area (Å²) in [6, 6.07) is 0. The van der Waals surface area contributed by atoms with Crippen LogP contribution in [0.4, 0.5) is 0 Å². The lowest BCUT2D eigenvalue weighted by molar-refractivity contribution is -0.136. The predicted molar refractivity (Wildman–Crippen MR) is 43.1 cm³/mol. The van der Waals surface area contributed by atoms with E-state index in [1.165, 1.54) is 12.5 Å². The number of halogens is 1. The molecule has 0 aromatic heterocycles. The van der Waals surface area contributed by atoms with E-state index in [-0.39, 0.29) is 6.61 Å². The van der Waals surface area contributed by atoms with Crippen molar-refractivity contribution in [2.75, 3.05) is 13.0 Å². The molecule has 10 heavy (non-hydrogen) atoms. The SMILES string of the molecule is C=CCOC(=O)C=C.CCl. The molecule has 0 aliphatic carbocycles. The third-order valence-corrected chi connectivity index (χ3v) is 0.510. The number of carbonyl (C=O) groups excluding carboxylic acids is 1. The van der Waals surface area contributed by atoms with Crippen LogP contribution in [0.1, 0.15) is 0 Å². The Balaban J connectivity index is 0. The first-order valence-electron chi connectivity index (χ1n) is 2.59. The van der Waals surface area contributed by atoms with Crippen molar-refractivity contribution < 1.29 is 9.53 Å². The van der Waals surface area contributed by atoms with Gasteiger partial charge in [0.2, 0.25) is 0 Å². The zero-order valence-corrected chi connectivity index (χ0v) is 6.73. The molecule has 0 saturated heterocycles. The molecule has 2 nitrogen and oxygen atoms in total. The van der Waals surface area contributed by atoms with E-state index in [1.807, 2.05) is 0 Å². The molecule has 0 radical (unpaired) electrons. The Bertz CT molecular complexity index is 110. The van der Waals surface area contributed by atoms with E-state index in [0.29, 0.717) is 0 Å². The largest absolute Gasteiger partial charge is 0.458 e. The van der Waals surface area contributed by atoms with Crippen molar-refractivity contribution in [3.05, 3.63) is 25.3 Å². The second-order valence-corrected chi connectivity index (χ2v) is 1.12. The molecule has 3 heteroatoms. The van der Waals surface area contributed by atoms with E-state index >= 15 is 0 Å². The Morgan fingerprint density at radius 2 is 2.10 bits per heavy atom. The maximum Gasteiger partial charge on any atom is 0.330 e. The van der Waals surface area contributed by atoms with E-state index in [0.717, 1.165) is 6.08 Å². The lowest BCUT2D eigenvalue weighted by atomic mass is 10.6. The topological polar surface area (TPSA) is 26.3 Å². The van der Waals surface area contributed by atoms with Crippen LogP contribution in [0.15, 0.2) is 25.3 Å². The first-order valence-corrected chi connectivity index (χ1v) is 3.34. The van der Waals surface area contributed by atoms with Crippen LogP contribution in [-0.2, 0) is 9.53 Å². The summed E-state index contributed by atoms with van der Waals surface area (Å²) in [5.41, 5.74) is 0. The average molecular weight is 163 g/mol. The minimum atomic E-state index is -0.412. The quantitative estimate of drug-likeness (QED) is 0.274. The van der Waals surface area contributed by atoms with Crippen LogP contribution < -0.4 is 0 Å². The molecule has 0 rings (SSSR count). The predicted octanol–water partition coefficient (Wildman–Crippen LogP) is 1.76. The second kappa shape index (κ2) is 11.1. The van der Waals surface area contributed by atoms with E-state index in [4.69, 9.17) is 0 Å². The van der Waals surface area contributed by atoms with E-state index < -0.39 is 5.97 Å². The first-order chi connectivity index (χ1) is 4.81. The minimum absolute atomic E-state index is 0.255. The maximum atomic E-state index is 10.2. The van der Waals surface area contributed by atoms with Gasteiger partial charge < -0.3 is 4.74 Å². The molecule has 0 aliphatic rings. The molecule has 0 spiro atoms. The summed E-state index contributed by atoms with van der Waals surface area (Å²) in [4.78, 5) is 10.2. The molecule has 0 saturated carbocycles. The third kappa shape index (κ3) is 10.3. The number of carbonyl (C=O) groups is 1. The lowest BCUT2D eigenvalue weighted by Gasteiger charge is -1.92. The van der Waals surface area contributed by atoms with Crippen LogP contribution >= 0.6 is 11.6 Å². The van der Waals surface area contributed by atoms with Gasteiger partial charge in [0, 0.05) is 12.5 Å². The fourth-order valence-electron chi connectivity index (χ4n) is 0.200. The number of rotatable bonds is 3. The fraction of sp³-hybridized carbons (Fsp3) is 0.286. The molecule has 0 fully saturated rings. The molecule has 0 aromatic rings. The Labute approximate surface area is 66.1 Å². The molecule has 58 valence electrons. The summed E-state index contributed by atoms with van der Waals surface area (Å²) in [7, 11) is 0. The Hall–Kier alpha value is -0.760. The molecule has 0 N–H and O–H groups in total. The molecule has 0 aliphatic heterocycles. The van der Waals surface area contributed by atoms with Gasteiger partial charge in [0.1, 0.15) is 6.61 Å². The smallest absolute Gasteiger partial charge is 0.330 e. The van der Waals surface area contributed by atoms with Crippen LogP contribution in [0, 0.1) is 0 Å². The lowest BCUT2D eigenvalue weighted by Crippen LogP contribution is -1.98. The van der Waals surface area contributed by atoms with Gasteiger partial charge in [0.25, 0.3) is 0 Å².